The summed E-state index contributed by atoms with van der Waals surface area (Å²) in [5.41, 5.74) is 3.00. The fraction of sp³-hybridized carbons (Fsp3) is 0.350. The van der Waals surface area contributed by atoms with Crippen LogP contribution < -0.4 is 0 Å². The second-order valence-electron chi connectivity index (χ2n) is 6.99. The highest BCUT2D eigenvalue weighted by atomic mass is 16.3. The number of aliphatic hydroxyl groups excluding tert-OH is 1. The van der Waals surface area contributed by atoms with E-state index in [1.54, 1.807) is 23.5 Å². The zero-order valence-electron chi connectivity index (χ0n) is 14.7. The van der Waals surface area contributed by atoms with Crippen LogP contribution in [0.2, 0.25) is 0 Å². The molecule has 0 bridgehead atoms. The monoisotopic (exact) mass is 350 g/mol. The largest absolute Gasteiger partial charge is 0.391 e. The van der Waals surface area contributed by atoms with E-state index in [1.807, 2.05) is 36.0 Å². The summed E-state index contributed by atoms with van der Waals surface area (Å²) in [7, 11) is 1.99. The first-order valence-electron chi connectivity index (χ1n) is 8.85. The number of aliphatic hydroxyl groups is 1. The predicted octanol–water partition coefficient (Wildman–Crippen LogP) is 1.57. The highest BCUT2D eigenvalue weighted by Gasteiger charge is 2.34. The van der Waals surface area contributed by atoms with Crippen molar-refractivity contribution in [2.75, 3.05) is 13.1 Å². The topological polar surface area (TPSA) is 71.2 Å². The molecule has 26 heavy (non-hydrogen) atoms. The third-order valence-corrected chi connectivity index (χ3v) is 5.17. The summed E-state index contributed by atoms with van der Waals surface area (Å²) in [6.45, 7) is 0.940. The third kappa shape index (κ3) is 3.20. The molecule has 1 N–H and O–H groups in total. The Kier molecular flexibility index (Phi) is 4.42. The van der Waals surface area contributed by atoms with Gasteiger partial charge in [-0.1, -0.05) is 18.2 Å². The van der Waals surface area contributed by atoms with Crippen molar-refractivity contribution in [2.45, 2.75) is 18.9 Å². The number of aromatic nitrogens is 3. The lowest BCUT2D eigenvalue weighted by atomic mass is 10.0. The molecule has 134 valence electrons. The van der Waals surface area contributed by atoms with Crippen molar-refractivity contribution >= 4 is 16.8 Å². The van der Waals surface area contributed by atoms with Gasteiger partial charge in [-0.25, -0.2) is 0 Å². The van der Waals surface area contributed by atoms with Crippen LogP contribution in [0.1, 0.15) is 11.3 Å². The predicted molar refractivity (Wildman–Crippen MR) is 98.4 cm³/mol. The Balaban J connectivity index is 1.45. The molecule has 6 heteroatoms. The fourth-order valence-electron chi connectivity index (χ4n) is 3.80. The smallest absolute Gasteiger partial charge is 0.227 e. The maximum Gasteiger partial charge on any atom is 0.227 e. The van der Waals surface area contributed by atoms with Gasteiger partial charge in [0, 0.05) is 61.7 Å². The molecule has 0 radical (unpaired) electrons. The standard InChI is InChI=1S/C20H22N4O2/c1-23-11-14(17-4-2-3-5-18(17)23)9-20(26)24-12-15(19(25)13-24)8-16-10-21-6-7-22-16/h2-7,10-11,15,19,25H,8-9,12-13H2,1H3/t15-,19-/m1/s1. The first kappa shape index (κ1) is 16.7. The van der Waals surface area contributed by atoms with Gasteiger partial charge in [0.2, 0.25) is 5.91 Å². The Morgan fingerprint density at radius 1 is 1.27 bits per heavy atom. The summed E-state index contributed by atoms with van der Waals surface area (Å²) in [4.78, 5) is 22.9. The number of carbonyl (C=O) groups is 1. The molecule has 1 aromatic carbocycles. The number of amides is 1. The van der Waals surface area contributed by atoms with E-state index in [1.165, 1.54) is 0 Å². The molecule has 2 aromatic heterocycles. The molecule has 0 aliphatic carbocycles. The molecule has 3 aromatic rings. The Morgan fingerprint density at radius 2 is 2.12 bits per heavy atom. The van der Waals surface area contributed by atoms with Crippen molar-refractivity contribution in [3.05, 3.63) is 60.3 Å². The molecule has 1 aliphatic rings. The van der Waals surface area contributed by atoms with E-state index >= 15 is 0 Å². The van der Waals surface area contributed by atoms with E-state index in [0.29, 0.717) is 25.9 Å². The Bertz CT molecular complexity index is 922. The van der Waals surface area contributed by atoms with Gasteiger partial charge in [-0.3, -0.25) is 14.8 Å². The maximum atomic E-state index is 12.8. The van der Waals surface area contributed by atoms with Crippen LogP contribution in [0.4, 0.5) is 0 Å². The van der Waals surface area contributed by atoms with Gasteiger partial charge < -0.3 is 14.6 Å². The normalized spacial score (nSPS) is 20.0. The summed E-state index contributed by atoms with van der Waals surface area (Å²) >= 11 is 0. The van der Waals surface area contributed by atoms with Gasteiger partial charge >= 0.3 is 0 Å². The molecule has 0 spiro atoms. The van der Waals surface area contributed by atoms with Gasteiger partial charge in [0.05, 0.1) is 18.2 Å². The van der Waals surface area contributed by atoms with E-state index in [2.05, 4.69) is 16.0 Å². The van der Waals surface area contributed by atoms with Gasteiger partial charge in [0.25, 0.3) is 0 Å². The number of likely N-dealkylation sites (tertiary alicyclic amines) is 1. The lowest BCUT2D eigenvalue weighted by Gasteiger charge is -2.16. The first-order valence-corrected chi connectivity index (χ1v) is 8.85. The van der Waals surface area contributed by atoms with Gasteiger partial charge in [-0.05, 0) is 18.1 Å². The van der Waals surface area contributed by atoms with Crippen LogP contribution in [0.5, 0.6) is 0 Å². The Hall–Kier alpha value is -2.73. The van der Waals surface area contributed by atoms with Gasteiger partial charge in [0.15, 0.2) is 0 Å². The number of aryl methyl sites for hydroxylation is 1. The maximum absolute atomic E-state index is 12.8. The van der Waals surface area contributed by atoms with Crippen LogP contribution in [0.25, 0.3) is 10.9 Å². The number of carbonyl (C=O) groups excluding carboxylic acids is 1. The van der Waals surface area contributed by atoms with Gasteiger partial charge in [0.1, 0.15) is 0 Å². The van der Waals surface area contributed by atoms with E-state index in [0.717, 1.165) is 22.2 Å². The van der Waals surface area contributed by atoms with Crippen molar-refractivity contribution in [1.82, 2.24) is 19.4 Å². The summed E-state index contributed by atoms with van der Waals surface area (Å²) in [6.07, 6.45) is 7.49. The fourth-order valence-corrected chi connectivity index (χ4v) is 3.80. The van der Waals surface area contributed by atoms with E-state index in [4.69, 9.17) is 0 Å². The SMILES string of the molecule is Cn1cc(CC(=O)N2C[C@@H](Cc3cnccn3)[C@H](O)C2)c2ccccc21. The minimum atomic E-state index is -0.520. The van der Waals surface area contributed by atoms with Crippen LogP contribution >= 0.6 is 0 Å². The lowest BCUT2D eigenvalue weighted by molar-refractivity contribution is -0.129. The molecular formula is C20H22N4O2. The highest BCUT2D eigenvalue weighted by molar-refractivity contribution is 5.89. The van der Waals surface area contributed by atoms with Crippen LogP contribution in [-0.4, -0.2) is 49.6 Å². The molecule has 3 heterocycles. The van der Waals surface area contributed by atoms with Crippen LogP contribution in [0.15, 0.2) is 49.1 Å². The number of para-hydroxylation sites is 1. The van der Waals surface area contributed by atoms with Gasteiger partial charge in [-0.15, -0.1) is 0 Å². The molecular weight excluding hydrogens is 328 g/mol. The lowest BCUT2D eigenvalue weighted by Crippen LogP contribution is -2.31. The molecule has 1 fully saturated rings. The quantitative estimate of drug-likeness (QED) is 0.775. The second-order valence-corrected chi connectivity index (χ2v) is 6.99. The molecule has 1 amide bonds. The summed E-state index contributed by atoms with van der Waals surface area (Å²) in [5.74, 6) is 0.0604. The molecule has 4 rings (SSSR count). The van der Waals surface area contributed by atoms with Crippen molar-refractivity contribution in [3.8, 4) is 0 Å². The van der Waals surface area contributed by atoms with E-state index in [-0.39, 0.29) is 11.8 Å². The van der Waals surface area contributed by atoms with Crippen molar-refractivity contribution in [3.63, 3.8) is 0 Å². The average Bonchev–Trinajstić information content (AvgIpc) is 3.17. The average molecular weight is 350 g/mol. The van der Waals surface area contributed by atoms with Crippen LogP contribution in [-0.2, 0) is 24.7 Å². The number of hydrogen-bond donors (Lipinski definition) is 1. The number of rotatable bonds is 4. The zero-order chi connectivity index (χ0) is 18.1. The Labute approximate surface area is 152 Å². The molecule has 1 saturated heterocycles. The number of fused-ring (bicyclic) bond motifs is 1. The van der Waals surface area contributed by atoms with Crippen LogP contribution in [0.3, 0.4) is 0 Å². The number of benzene rings is 1. The summed E-state index contributed by atoms with van der Waals surface area (Å²) in [5, 5.41) is 11.5. The number of hydrogen-bond acceptors (Lipinski definition) is 4. The van der Waals surface area contributed by atoms with Crippen molar-refractivity contribution in [2.24, 2.45) is 13.0 Å². The van der Waals surface area contributed by atoms with Crippen molar-refractivity contribution < 1.29 is 9.90 Å². The molecule has 0 unspecified atom stereocenters. The Morgan fingerprint density at radius 3 is 2.92 bits per heavy atom. The molecule has 6 nitrogen and oxygen atoms in total. The first-order chi connectivity index (χ1) is 12.6. The minimum absolute atomic E-state index is 0.00293. The van der Waals surface area contributed by atoms with Crippen molar-refractivity contribution in [1.29, 1.82) is 0 Å². The number of nitrogens with zero attached hydrogens (tertiary/aromatic N) is 4. The summed E-state index contributed by atoms with van der Waals surface area (Å²) < 4.78 is 2.05. The minimum Gasteiger partial charge on any atom is -0.391 e. The number of β-amino-alcohol motifs (C(OH)–C–C–N with tert-alkyl or cyclic N) is 1. The van der Waals surface area contributed by atoms with E-state index in [9.17, 15) is 9.90 Å². The third-order valence-electron chi connectivity index (χ3n) is 5.17. The molecule has 0 saturated carbocycles. The highest BCUT2D eigenvalue weighted by Crippen LogP contribution is 2.24. The summed E-state index contributed by atoms with van der Waals surface area (Å²) in [6, 6.07) is 8.10. The zero-order valence-corrected chi connectivity index (χ0v) is 14.7. The van der Waals surface area contributed by atoms with E-state index < -0.39 is 6.10 Å². The molecule has 2 atom stereocenters. The molecule has 1 aliphatic heterocycles. The second kappa shape index (κ2) is 6.88. The van der Waals surface area contributed by atoms with Gasteiger partial charge in [-0.2, -0.15) is 0 Å². The van der Waals surface area contributed by atoms with Crippen LogP contribution in [0, 0.1) is 5.92 Å².